The fraction of sp³-hybridized carbons (Fsp3) is 0.107. The van der Waals surface area contributed by atoms with Crippen molar-refractivity contribution in [1.29, 1.82) is 0 Å². The number of benzene rings is 4. The molecule has 0 spiro atoms. The van der Waals surface area contributed by atoms with Crippen molar-refractivity contribution in [3.05, 3.63) is 107 Å². The molecule has 0 saturated heterocycles. The monoisotopic (exact) mass is 452 g/mol. The molecule has 0 aliphatic rings. The minimum absolute atomic E-state index is 0.310. The number of nitrogens with zero attached hydrogens (tertiary/aromatic N) is 1. The molecule has 4 aromatic carbocycles. The maximum Gasteiger partial charge on any atom is 0.343 e. The number of nitrogens with one attached hydrogen (secondary N) is 1. The highest BCUT2D eigenvalue weighted by Crippen LogP contribution is 2.29. The summed E-state index contributed by atoms with van der Waals surface area (Å²) in [5, 5.41) is 6.10. The Labute approximate surface area is 197 Å². The Balaban J connectivity index is 1.45. The lowest BCUT2D eigenvalue weighted by molar-refractivity contribution is 0.0728. The van der Waals surface area contributed by atoms with Gasteiger partial charge in [-0.15, -0.1) is 0 Å². The molecule has 0 aromatic heterocycles. The Kier molecular flexibility index (Phi) is 6.98. The molecule has 0 aliphatic carbocycles. The lowest BCUT2D eigenvalue weighted by atomic mass is 10.1. The van der Waals surface area contributed by atoms with Gasteiger partial charge in [-0.1, -0.05) is 48.0 Å². The molecule has 0 unspecified atom stereocenters. The third-order valence-corrected chi connectivity index (χ3v) is 5.15. The summed E-state index contributed by atoms with van der Waals surface area (Å²) in [6.07, 6.45) is 1.51. The fourth-order valence-corrected chi connectivity index (χ4v) is 3.37. The van der Waals surface area contributed by atoms with Gasteiger partial charge in [0.2, 0.25) is 0 Å². The molecule has 1 amide bonds. The number of amides is 1. The number of esters is 1. The van der Waals surface area contributed by atoms with Crippen molar-refractivity contribution >= 4 is 28.9 Å². The van der Waals surface area contributed by atoms with Gasteiger partial charge in [0.25, 0.3) is 5.91 Å². The van der Waals surface area contributed by atoms with Crippen molar-refractivity contribution < 1.29 is 19.1 Å². The Morgan fingerprint density at radius 2 is 1.59 bits per heavy atom. The second-order valence-electron chi connectivity index (χ2n) is 7.66. The van der Waals surface area contributed by atoms with Gasteiger partial charge in [-0.25, -0.2) is 10.2 Å². The Morgan fingerprint density at radius 1 is 0.853 bits per heavy atom. The standard InChI is InChI=1S/C28H24N2O4/c1-3-33-26-16-20(10-15-25(26)34-28(32)22-11-8-19(2)9-12-22)18-29-30-27(31)24-14-13-21-6-4-5-7-23(21)17-24/h4-18H,3H2,1-2H3,(H,30,31)/b29-18-. The van der Waals surface area contributed by atoms with E-state index < -0.39 is 5.97 Å². The van der Waals surface area contributed by atoms with Crippen LogP contribution in [0.4, 0.5) is 0 Å². The molecule has 4 aromatic rings. The highest BCUT2D eigenvalue weighted by atomic mass is 16.6. The minimum atomic E-state index is -0.468. The summed E-state index contributed by atoms with van der Waals surface area (Å²) in [5.41, 5.74) is 5.25. The van der Waals surface area contributed by atoms with E-state index in [-0.39, 0.29) is 5.91 Å². The molecule has 0 radical (unpaired) electrons. The third kappa shape index (κ3) is 5.48. The first-order chi connectivity index (χ1) is 16.5. The number of carbonyl (C=O) groups excluding carboxylic acids is 2. The van der Waals surface area contributed by atoms with Gasteiger partial charge < -0.3 is 9.47 Å². The van der Waals surface area contributed by atoms with Crippen LogP contribution in [0.2, 0.25) is 0 Å². The predicted molar refractivity (Wildman–Crippen MR) is 133 cm³/mol. The number of ether oxygens (including phenoxy) is 2. The van der Waals surface area contributed by atoms with Crippen LogP contribution in [0.3, 0.4) is 0 Å². The van der Waals surface area contributed by atoms with Crippen LogP contribution < -0.4 is 14.9 Å². The second kappa shape index (κ2) is 10.4. The van der Waals surface area contributed by atoms with Gasteiger partial charge in [-0.3, -0.25) is 4.79 Å². The molecule has 0 aliphatic heterocycles. The summed E-state index contributed by atoms with van der Waals surface area (Å²) in [6, 6.07) is 25.5. The number of aryl methyl sites for hydroxylation is 1. The minimum Gasteiger partial charge on any atom is -0.490 e. The van der Waals surface area contributed by atoms with Crippen LogP contribution >= 0.6 is 0 Å². The normalized spacial score (nSPS) is 10.9. The van der Waals surface area contributed by atoms with Crippen molar-refractivity contribution in [2.75, 3.05) is 6.61 Å². The van der Waals surface area contributed by atoms with E-state index in [1.54, 1.807) is 36.4 Å². The van der Waals surface area contributed by atoms with Gasteiger partial charge in [0, 0.05) is 5.56 Å². The molecular formula is C28H24N2O4. The number of fused-ring (bicyclic) bond motifs is 1. The molecule has 170 valence electrons. The summed E-state index contributed by atoms with van der Waals surface area (Å²) in [6.45, 7) is 4.19. The van der Waals surface area contributed by atoms with Crippen LogP contribution in [0.1, 0.15) is 38.8 Å². The van der Waals surface area contributed by atoms with Crippen LogP contribution in [-0.4, -0.2) is 24.7 Å². The molecular weight excluding hydrogens is 428 g/mol. The number of hydrogen-bond donors (Lipinski definition) is 1. The largest absolute Gasteiger partial charge is 0.490 e. The topological polar surface area (TPSA) is 77.0 Å². The molecule has 1 N–H and O–H groups in total. The summed E-state index contributed by atoms with van der Waals surface area (Å²) in [5.74, 6) is -0.0572. The van der Waals surface area contributed by atoms with E-state index in [0.29, 0.717) is 34.8 Å². The van der Waals surface area contributed by atoms with Gasteiger partial charge in [0.1, 0.15) is 0 Å². The molecule has 0 saturated carbocycles. The summed E-state index contributed by atoms with van der Waals surface area (Å²) < 4.78 is 11.2. The van der Waals surface area contributed by atoms with E-state index >= 15 is 0 Å². The number of rotatable bonds is 7. The first kappa shape index (κ1) is 22.7. The fourth-order valence-electron chi connectivity index (χ4n) is 3.37. The molecule has 34 heavy (non-hydrogen) atoms. The van der Waals surface area contributed by atoms with Crippen molar-refractivity contribution in [3.8, 4) is 11.5 Å². The highest BCUT2D eigenvalue weighted by molar-refractivity contribution is 5.99. The van der Waals surface area contributed by atoms with Gasteiger partial charge in [0.05, 0.1) is 18.4 Å². The molecule has 6 heteroatoms. The van der Waals surface area contributed by atoms with E-state index in [2.05, 4.69) is 10.5 Å². The highest BCUT2D eigenvalue weighted by Gasteiger charge is 2.13. The van der Waals surface area contributed by atoms with Crippen LogP contribution in [0.25, 0.3) is 10.8 Å². The summed E-state index contributed by atoms with van der Waals surface area (Å²) in [4.78, 5) is 25.0. The zero-order chi connectivity index (χ0) is 23.9. The van der Waals surface area contributed by atoms with E-state index in [4.69, 9.17) is 9.47 Å². The van der Waals surface area contributed by atoms with Crippen LogP contribution in [-0.2, 0) is 0 Å². The zero-order valence-corrected chi connectivity index (χ0v) is 18.9. The maximum atomic E-state index is 12.5. The quantitative estimate of drug-likeness (QED) is 0.173. The van der Waals surface area contributed by atoms with Gasteiger partial charge in [0.15, 0.2) is 11.5 Å². The number of carbonyl (C=O) groups is 2. The first-order valence-corrected chi connectivity index (χ1v) is 10.9. The zero-order valence-electron chi connectivity index (χ0n) is 18.9. The van der Waals surface area contributed by atoms with Crippen molar-refractivity contribution in [3.63, 3.8) is 0 Å². The Bertz CT molecular complexity index is 1360. The van der Waals surface area contributed by atoms with Crippen LogP contribution in [0.15, 0.2) is 90.0 Å². The van der Waals surface area contributed by atoms with Crippen LogP contribution in [0, 0.1) is 6.92 Å². The van der Waals surface area contributed by atoms with E-state index in [1.165, 1.54) is 6.21 Å². The lowest BCUT2D eigenvalue weighted by Crippen LogP contribution is -2.17. The number of hydrazone groups is 1. The van der Waals surface area contributed by atoms with Gasteiger partial charge in [-0.05, 0) is 72.6 Å². The molecule has 0 fully saturated rings. The predicted octanol–water partition coefficient (Wildman–Crippen LogP) is 5.53. The summed E-state index contributed by atoms with van der Waals surface area (Å²) >= 11 is 0. The average molecular weight is 453 g/mol. The third-order valence-electron chi connectivity index (χ3n) is 5.15. The van der Waals surface area contributed by atoms with Crippen LogP contribution in [0.5, 0.6) is 11.5 Å². The second-order valence-corrected chi connectivity index (χ2v) is 7.66. The Hall–Kier alpha value is -4.45. The molecule has 0 heterocycles. The Morgan fingerprint density at radius 3 is 2.35 bits per heavy atom. The maximum absolute atomic E-state index is 12.5. The smallest absolute Gasteiger partial charge is 0.343 e. The van der Waals surface area contributed by atoms with Crippen molar-refractivity contribution in [2.45, 2.75) is 13.8 Å². The lowest BCUT2D eigenvalue weighted by Gasteiger charge is -2.11. The molecule has 4 rings (SSSR count). The van der Waals surface area contributed by atoms with Gasteiger partial charge >= 0.3 is 5.97 Å². The van der Waals surface area contributed by atoms with E-state index in [1.807, 2.05) is 62.4 Å². The van der Waals surface area contributed by atoms with Crippen molar-refractivity contribution in [1.82, 2.24) is 5.43 Å². The molecule has 0 bridgehead atoms. The van der Waals surface area contributed by atoms with Crippen molar-refractivity contribution in [2.24, 2.45) is 5.10 Å². The molecule has 0 atom stereocenters. The SMILES string of the molecule is CCOc1cc(/C=N\NC(=O)c2ccc3ccccc3c2)ccc1OC(=O)c1ccc(C)cc1. The van der Waals surface area contributed by atoms with E-state index in [0.717, 1.165) is 16.3 Å². The number of hydrogen-bond acceptors (Lipinski definition) is 5. The van der Waals surface area contributed by atoms with E-state index in [9.17, 15) is 9.59 Å². The first-order valence-electron chi connectivity index (χ1n) is 10.9. The summed E-state index contributed by atoms with van der Waals surface area (Å²) in [7, 11) is 0. The van der Waals surface area contributed by atoms with Gasteiger partial charge in [-0.2, -0.15) is 5.10 Å². The average Bonchev–Trinajstić information content (AvgIpc) is 2.85. The molecule has 6 nitrogen and oxygen atoms in total.